The van der Waals surface area contributed by atoms with Crippen LogP contribution in [0.15, 0.2) is 42.0 Å². The molecule has 0 unspecified atom stereocenters. The Bertz CT molecular complexity index is 561. The van der Waals surface area contributed by atoms with Crippen molar-refractivity contribution in [2.45, 2.75) is 20.3 Å². The number of carbonyl (C=O) groups excluding carboxylic acids is 2. The van der Waals surface area contributed by atoms with E-state index in [9.17, 15) is 9.59 Å². The first-order valence-electron chi connectivity index (χ1n) is 6.69. The molecule has 2 amide bonds. The van der Waals surface area contributed by atoms with Crippen LogP contribution in [0.25, 0.3) is 0 Å². The molecule has 0 saturated carbocycles. The molecule has 1 aliphatic heterocycles. The Morgan fingerprint density at radius 2 is 1.79 bits per heavy atom. The second kappa shape index (κ2) is 4.34. The summed E-state index contributed by atoms with van der Waals surface area (Å²) in [6.45, 7) is 4.07. The van der Waals surface area contributed by atoms with Crippen LogP contribution in [-0.4, -0.2) is 11.8 Å². The number of amides is 2. The van der Waals surface area contributed by atoms with Crippen molar-refractivity contribution in [3.05, 3.63) is 42.0 Å². The molecule has 1 aromatic carbocycles. The average molecular weight is 255 g/mol. The molecule has 1 saturated heterocycles. The van der Waals surface area contributed by atoms with E-state index in [4.69, 9.17) is 0 Å². The highest BCUT2D eigenvalue weighted by atomic mass is 16.2. The first-order chi connectivity index (χ1) is 9.09. The van der Waals surface area contributed by atoms with Crippen molar-refractivity contribution in [2.24, 2.45) is 17.8 Å². The van der Waals surface area contributed by atoms with Crippen LogP contribution in [0.2, 0.25) is 0 Å². The molecular formula is C16H17NO2. The van der Waals surface area contributed by atoms with Gasteiger partial charge >= 0.3 is 0 Å². The fraction of sp³-hybridized carbons (Fsp3) is 0.375. The van der Waals surface area contributed by atoms with Crippen molar-refractivity contribution < 1.29 is 9.59 Å². The molecule has 1 heterocycles. The quantitative estimate of drug-likeness (QED) is 0.571. The monoisotopic (exact) mass is 255 g/mol. The molecule has 3 rings (SSSR count). The molecule has 0 spiro atoms. The first-order valence-corrected chi connectivity index (χ1v) is 6.69. The van der Waals surface area contributed by atoms with Crippen LogP contribution in [-0.2, 0) is 9.59 Å². The van der Waals surface area contributed by atoms with Gasteiger partial charge < -0.3 is 0 Å². The van der Waals surface area contributed by atoms with E-state index in [0.29, 0.717) is 12.1 Å². The molecule has 1 fully saturated rings. The number of allylic oxidation sites excluding steroid dienone is 2. The van der Waals surface area contributed by atoms with Crippen molar-refractivity contribution in [1.82, 2.24) is 0 Å². The van der Waals surface area contributed by atoms with Gasteiger partial charge in [-0.25, -0.2) is 0 Å². The van der Waals surface area contributed by atoms with Gasteiger partial charge in [0.25, 0.3) is 0 Å². The molecule has 2 aliphatic rings. The third-order valence-corrected chi connectivity index (χ3v) is 4.15. The van der Waals surface area contributed by atoms with Crippen LogP contribution in [0, 0.1) is 17.8 Å². The molecule has 0 bridgehead atoms. The van der Waals surface area contributed by atoms with Gasteiger partial charge in [-0.2, -0.15) is 0 Å². The number of benzene rings is 1. The summed E-state index contributed by atoms with van der Waals surface area (Å²) in [5, 5.41) is 0. The van der Waals surface area contributed by atoms with Gasteiger partial charge in [-0.1, -0.05) is 36.8 Å². The Labute approximate surface area is 112 Å². The zero-order valence-electron chi connectivity index (χ0n) is 11.2. The van der Waals surface area contributed by atoms with Gasteiger partial charge in [0.05, 0.1) is 17.5 Å². The van der Waals surface area contributed by atoms with Crippen molar-refractivity contribution in [2.75, 3.05) is 4.90 Å². The molecule has 19 heavy (non-hydrogen) atoms. The summed E-state index contributed by atoms with van der Waals surface area (Å²) in [7, 11) is 0. The van der Waals surface area contributed by atoms with E-state index < -0.39 is 0 Å². The fourth-order valence-electron chi connectivity index (χ4n) is 3.35. The van der Waals surface area contributed by atoms with Gasteiger partial charge in [-0.05, 0) is 31.4 Å². The lowest BCUT2D eigenvalue weighted by molar-refractivity contribution is -0.122. The number of hydrogen-bond donors (Lipinski definition) is 0. The molecule has 3 nitrogen and oxygen atoms in total. The van der Waals surface area contributed by atoms with Crippen LogP contribution in [0.3, 0.4) is 0 Å². The third kappa shape index (κ3) is 1.81. The second-order valence-electron chi connectivity index (χ2n) is 5.56. The van der Waals surface area contributed by atoms with Gasteiger partial charge in [0.15, 0.2) is 0 Å². The zero-order valence-corrected chi connectivity index (χ0v) is 11.2. The van der Waals surface area contributed by atoms with Crippen LogP contribution < -0.4 is 4.90 Å². The normalized spacial score (nSPS) is 30.3. The summed E-state index contributed by atoms with van der Waals surface area (Å²) in [4.78, 5) is 26.4. The molecular weight excluding hydrogens is 238 g/mol. The van der Waals surface area contributed by atoms with Gasteiger partial charge in [-0.3, -0.25) is 14.5 Å². The van der Waals surface area contributed by atoms with Gasteiger partial charge in [0, 0.05) is 0 Å². The molecule has 0 N–H and O–H groups in total. The Kier molecular flexibility index (Phi) is 2.77. The first kappa shape index (κ1) is 12.2. The van der Waals surface area contributed by atoms with Crippen molar-refractivity contribution in [1.29, 1.82) is 0 Å². The highest BCUT2D eigenvalue weighted by Crippen LogP contribution is 2.42. The molecule has 0 aromatic heterocycles. The highest BCUT2D eigenvalue weighted by molar-refractivity contribution is 6.22. The van der Waals surface area contributed by atoms with Gasteiger partial charge in [-0.15, -0.1) is 0 Å². The third-order valence-electron chi connectivity index (χ3n) is 4.15. The number of carbonyl (C=O) groups is 2. The lowest BCUT2D eigenvalue weighted by atomic mass is 9.76. The molecule has 1 aromatic rings. The molecule has 0 radical (unpaired) electrons. The van der Waals surface area contributed by atoms with Crippen LogP contribution in [0.4, 0.5) is 5.69 Å². The molecule has 3 atom stereocenters. The van der Waals surface area contributed by atoms with Crippen LogP contribution >= 0.6 is 0 Å². The maximum Gasteiger partial charge on any atom is 0.238 e. The van der Waals surface area contributed by atoms with Crippen LogP contribution in [0.5, 0.6) is 0 Å². The topological polar surface area (TPSA) is 37.4 Å². The van der Waals surface area contributed by atoms with E-state index in [0.717, 1.165) is 0 Å². The SMILES string of the molecule is CC1=C[C@H](C)[C@H]2C(=O)N(c3ccccc3)C(=O)[C@@H]2C1. The Hall–Kier alpha value is -1.90. The van der Waals surface area contributed by atoms with Crippen molar-refractivity contribution in [3.8, 4) is 0 Å². The average Bonchev–Trinajstić information content (AvgIpc) is 2.62. The minimum absolute atomic E-state index is 0.0412. The summed E-state index contributed by atoms with van der Waals surface area (Å²) in [5.41, 5.74) is 1.90. The molecule has 1 aliphatic carbocycles. The summed E-state index contributed by atoms with van der Waals surface area (Å²) in [6.07, 6.45) is 2.84. The van der Waals surface area contributed by atoms with Crippen molar-refractivity contribution >= 4 is 17.5 Å². The predicted octanol–water partition coefficient (Wildman–Crippen LogP) is 2.78. The summed E-state index contributed by atoms with van der Waals surface area (Å²) >= 11 is 0. The van der Waals surface area contributed by atoms with E-state index in [1.807, 2.05) is 44.2 Å². The number of fused-ring (bicyclic) bond motifs is 1. The number of rotatable bonds is 1. The number of nitrogens with zero attached hydrogens (tertiary/aromatic N) is 1. The van der Waals surface area contributed by atoms with Gasteiger partial charge in [0.1, 0.15) is 0 Å². The standard InChI is InChI=1S/C16H17NO2/c1-10-8-11(2)14-13(9-10)15(18)17(16(14)19)12-6-4-3-5-7-12/h3-8,11,13-14H,9H2,1-2H3/t11-,13+,14+/m0/s1. The smallest absolute Gasteiger partial charge is 0.238 e. The van der Waals surface area contributed by atoms with Crippen LogP contribution in [0.1, 0.15) is 20.3 Å². The number of imide groups is 1. The van der Waals surface area contributed by atoms with E-state index in [1.54, 1.807) is 0 Å². The van der Waals surface area contributed by atoms with E-state index in [-0.39, 0.29) is 29.6 Å². The summed E-state index contributed by atoms with van der Waals surface area (Å²) in [5.74, 6) is -0.300. The Balaban J connectivity index is 2.00. The maximum atomic E-state index is 12.5. The lowest BCUT2D eigenvalue weighted by Crippen LogP contribution is -2.31. The maximum absolute atomic E-state index is 12.5. The molecule has 98 valence electrons. The second-order valence-corrected chi connectivity index (χ2v) is 5.56. The van der Waals surface area contributed by atoms with E-state index in [1.165, 1.54) is 10.5 Å². The van der Waals surface area contributed by atoms with Gasteiger partial charge in [0.2, 0.25) is 11.8 Å². The molecule has 3 heteroatoms. The summed E-state index contributed by atoms with van der Waals surface area (Å²) in [6, 6.07) is 9.22. The fourth-order valence-corrected chi connectivity index (χ4v) is 3.35. The largest absolute Gasteiger partial charge is 0.274 e. The van der Waals surface area contributed by atoms with E-state index >= 15 is 0 Å². The Morgan fingerprint density at radius 1 is 1.11 bits per heavy atom. The zero-order chi connectivity index (χ0) is 13.6. The number of hydrogen-bond acceptors (Lipinski definition) is 2. The minimum Gasteiger partial charge on any atom is -0.274 e. The predicted molar refractivity (Wildman–Crippen MR) is 73.5 cm³/mol. The summed E-state index contributed by atoms with van der Waals surface area (Å²) < 4.78 is 0. The number of anilines is 1. The van der Waals surface area contributed by atoms with Crippen molar-refractivity contribution in [3.63, 3.8) is 0 Å². The lowest BCUT2D eigenvalue weighted by Gasteiger charge is -2.25. The minimum atomic E-state index is -0.184. The number of para-hydroxylation sites is 1. The Morgan fingerprint density at radius 3 is 2.47 bits per heavy atom. The van der Waals surface area contributed by atoms with E-state index in [2.05, 4.69) is 6.08 Å². The highest BCUT2D eigenvalue weighted by Gasteiger charge is 2.51.